The second kappa shape index (κ2) is 10.8. The molecule has 2 aliphatic rings. The molecule has 2 aromatic carbocycles. The summed E-state index contributed by atoms with van der Waals surface area (Å²) in [4.78, 5) is 34.3. The van der Waals surface area contributed by atoms with Crippen molar-refractivity contribution in [1.82, 2.24) is 24.6 Å². The van der Waals surface area contributed by atoms with Crippen molar-refractivity contribution in [3.05, 3.63) is 95.4 Å². The molecular weight excluding hydrogens is 583 g/mol. The Bertz CT molecular complexity index is 1720. The SMILES string of the molecule is C[C@@H]1CN(C2C(=O)Nc3cc(C(C)(F)F)ccc32)CCN1C(=O)c1cc(-c2ccncc2)n(-c2ccc(C(F)(F)F)cc2)n1. The first kappa shape index (κ1) is 29.4. The summed E-state index contributed by atoms with van der Waals surface area (Å²) in [6.45, 7) is 3.59. The van der Waals surface area contributed by atoms with Crippen molar-refractivity contribution in [3.63, 3.8) is 0 Å². The maximum absolute atomic E-state index is 13.8. The topological polar surface area (TPSA) is 83.4 Å². The van der Waals surface area contributed by atoms with Gasteiger partial charge in [0.25, 0.3) is 11.8 Å². The van der Waals surface area contributed by atoms with E-state index in [0.29, 0.717) is 41.3 Å². The van der Waals surface area contributed by atoms with E-state index in [-0.39, 0.29) is 35.7 Å². The molecule has 1 N–H and O–H groups in total. The fourth-order valence-corrected chi connectivity index (χ4v) is 5.75. The number of hydrogen-bond acceptors (Lipinski definition) is 5. The molecule has 0 saturated carbocycles. The number of hydrogen-bond donors (Lipinski definition) is 1. The van der Waals surface area contributed by atoms with Gasteiger partial charge in [-0.05, 0) is 55.5 Å². The van der Waals surface area contributed by atoms with Crippen LogP contribution in [-0.4, -0.2) is 62.1 Å². The van der Waals surface area contributed by atoms with Crippen molar-refractivity contribution in [3.8, 4) is 16.9 Å². The third kappa shape index (κ3) is 5.43. The Hall–Kier alpha value is -4.65. The number of piperazine rings is 1. The highest BCUT2D eigenvalue weighted by Crippen LogP contribution is 2.40. The number of halogens is 5. The number of pyridine rings is 1. The second-order valence-corrected chi connectivity index (χ2v) is 11.0. The first-order valence-corrected chi connectivity index (χ1v) is 13.9. The van der Waals surface area contributed by atoms with Crippen LogP contribution in [-0.2, 0) is 16.9 Å². The van der Waals surface area contributed by atoms with Gasteiger partial charge >= 0.3 is 6.18 Å². The first-order valence-electron chi connectivity index (χ1n) is 13.9. The van der Waals surface area contributed by atoms with E-state index in [0.717, 1.165) is 19.1 Å². The molecule has 2 aliphatic heterocycles. The van der Waals surface area contributed by atoms with E-state index >= 15 is 0 Å². The van der Waals surface area contributed by atoms with Gasteiger partial charge < -0.3 is 10.2 Å². The van der Waals surface area contributed by atoms with Crippen LogP contribution in [0.3, 0.4) is 0 Å². The molecule has 1 unspecified atom stereocenters. The summed E-state index contributed by atoms with van der Waals surface area (Å²) >= 11 is 0. The summed E-state index contributed by atoms with van der Waals surface area (Å²) in [5, 5.41) is 7.22. The third-order valence-electron chi connectivity index (χ3n) is 7.99. The predicted octanol–water partition coefficient (Wildman–Crippen LogP) is 5.90. The van der Waals surface area contributed by atoms with Crippen LogP contribution in [0.15, 0.2) is 73.1 Å². The van der Waals surface area contributed by atoms with Crippen LogP contribution in [0.5, 0.6) is 0 Å². The second-order valence-electron chi connectivity index (χ2n) is 11.0. The van der Waals surface area contributed by atoms with Crippen molar-refractivity contribution in [2.75, 3.05) is 25.0 Å². The molecule has 0 radical (unpaired) electrons. The molecule has 8 nitrogen and oxygen atoms in total. The number of aromatic nitrogens is 3. The Labute approximate surface area is 249 Å². The van der Waals surface area contributed by atoms with E-state index in [1.165, 1.54) is 28.9 Å². The molecule has 1 fully saturated rings. The van der Waals surface area contributed by atoms with Crippen LogP contribution < -0.4 is 5.32 Å². The smallest absolute Gasteiger partial charge is 0.332 e. The van der Waals surface area contributed by atoms with Gasteiger partial charge in [-0.3, -0.25) is 19.5 Å². The van der Waals surface area contributed by atoms with E-state index in [1.807, 2.05) is 11.8 Å². The van der Waals surface area contributed by atoms with Crippen LogP contribution in [0.2, 0.25) is 0 Å². The van der Waals surface area contributed by atoms with Crippen molar-refractivity contribution >= 4 is 17.5 Å². The van der Waals surface area contributed by atoms with Gasteiger partial charge in [0.1, 0.15) is 6.04 Å². The minimum absolute atomic E-state index is 0.106. The maximum Gasteiger partial charge on any atom is 0.416 e. The molecule has 4 heterocycles. The van der Waals surface area contributed by atoms with Crippen LogP contribution in [0.4, 0.5) is 27.6 Å². The minimum atomic E-state index is -4.50. The van der Waals surface area contributed by atoms with Crippen molar-refractivity contribution < 1.29 is 31.5 Å². The van der Waals surface area contributed by atoms with Gasteiger partial charge in [0.2, 0.25) is 5.91 Å². The van der Waals surface area contributed by atoms with Crippen LogP contribution >= 0.6 is 0 Å². The number of carbonyl (C=O) groups excluding carboxylic acids is 2. The molecule has 0 bridgehead atoms. The van der Waals surface area contributed by atoms with Gasteiger partial charge in [0.15, 0.2) is 5.69 Å². The highest BCUT2D eigenvalue weighted by Gasteiger charge is 2.41. The Morgan fingerprint density at radius 1 is 0.932 bits per heavy atom. The lowest BCUT2D eigenvalue weighted by Gasteiger charge is -2.41. The quantitative estimate of drug-likeness (QED) is 0.285. The molecule has 44 heavy (non-hydrogen) atoms. The molecule has 2 aromatic heterocycles. The number of nitrogens with one attached hydrogen (secondary N) is 1. The lowest BCUT2D eigenvalue weighted by molar-refractivity contribution is -0.137. The summed E-state index contributed by atoms with van der Waals surface area (Å²) < 4.78 is 68.6. The Kier molecular flexibility index (Phi) is 7.23. The van der Waals surface area contributed by atoms with Crippen LogP contribution in [0, 0.1) is 0 Å². The summed E-state index contributed by atoms with van der Waals surface area (Å²) in [6.07, 6.45) is -1.37. The fourth-order valence-electron chi connectivity index (χ4n) is 5.75. The molecule has 6 rings (SSSR count). The zero-order valence-corrected chi connectivity index (χ0v) is 23.6. The normalized spacial score (nSPS) is 19.2. The average Bonchev–Trinajstić information content (AvgIpc) is 3.57. The summed E-state index contributed by atoms with van der Waals surface area (Å²) in [5.41, 5.74) is 1.57. The van der Waals surface area contributed by atoms with Crippen molar-refractivity contribution in [1.29, 1.82) is 0 Å². The fraction of sp³-hybridized carbons (Fsp3) is 0.290. The van der Waals surface area contributed by atoms with Gasteiger partial charge in [-0.1, -0.05) is 12.1 Å². The highest BCUT2D eigenvalue weighted by atomic mass is 19.4. The molecule has 2 atom stereocenters. The molecule has 1 saturated heterocycles. The lowest BCUT2D eigenvalue weighted by atomic mass is 10.0. The van der Waals surface area contributed by atoms with Gasteiger partial charge in [-0.25, -0.2) is 13.5 Å². The van der Waals surface area contributed by atoms with Crippen molar-refractivity contribution in [2.24, 2.45) is 0 Å². The lowest BCUT2D eigenvalue weighted by Crippen LogP contribution is -2.55. The summed E-state index contributed by atoms with van der Waals surface area (Å²) in [7, 11) is 0. The summed E-state index contributed by atoms with van der Waals surface area (Å²) in [6, 6.07) is 12.7. The average molecular weight is 611 g/mol. The first-order chi connectivity index (χ1) is 20.8. The molecule has 228 valence electrons. The predicted molar refractivity (Wildman–Crippen MR) is 151 cm³/mol. The number of anilines is 1. The molecule has 0 aliphatic carbocycles. The largest absolute Gasteiger partial charge is 0.416 e. The number of rotatable bonds is 5. The van der Waals surface area contributed by atoms with Crippen LogP contribution in [0.1, 0.15) is 47.1 Å². The Morgan fingerprint density at radius 3 is 2.25 bits per heavy atom. The van der Waals surface area contributed by atoms with E-state index in [1.54, 1.807) is 41.6 Å². The zero-order valence-electron chi connectivity index (χ0n) is 23.6. The number of nitrogens with zero attached hydrogens (tertiary/aromatic N) is 5. The standard InChI is InChI=1S/C31H27F5N6O2/c1-18-17-40(27-23-8-5-21(30(2,32)33)15-24(23)38-28(27)43)13-14-41(18)29(44)25-16-26(19-9-11-37-12-10-19)42(39-25)22-6-3-20(4-7-22)31(34,35)36/h3-12,15-16,18,27H,13-14,17H2,1-2H3,(H,38,43)/t18-,27?/m1/s1. The minimum Gasteiger partial charge on any atom is -0.332 e. The molecule has 13 heteroatoms. The summed E-state index contributed by atoms with van der Waals surface area (Å²) in [5.74, 6) is -3.74. The van der Waals surface area contributed by atoms with Gasteiger partial charge in [-0.15, -0.1) is 0 Å². The van der Waals surface area contributed by atoms with Crippen LogP contribution in [0.25, 0.3) is 16.9 Å². The zero-order chi connectivity index (χ0) is 31.4. The van der Waals surface area contributed by atoms with Gasteiger partial charge in [-0.2, -0.15) is 18.3 Å². The highest BCUT2D eigenvalue weighted by molar-refractivity contribution is 6.02. The number of amides is 2. The van der Waals surface area contributed by atoms with E-state index in [2.05, 4.69) is 15.4 Å². The monoisotopic (exact) mass is 610 g/mol. The number of fused-ring (bicyclic) bond motifs is 1. The van der Waals surface area contributed by atoms with E-state index < -0.39 is 23.7 Å². The number of alkyl halides is 5. The van der Waals surface area contributed by atoms with E-state index in [9.17, 15) is 31.5 Å². The molecular formula is C31H27F5N6O2. The Morgan fingerprint density at radius 2 is 1.61 bits per heavy atom. The Balaban J connectivity index is 1.25. The van der Waals surface area contributed by atoms with Gasteiger partial charge in [0.05, 0.1) is 16.9 Å². The van der Waals surface area contributed by atoms with E-state index in [4.69, 9.17) is 0 Å². The molecule has 0 spiro atoms. The number of benzene rings is 2. The molecule has 2 amide bonds. The third-order valence-corrected chi connectivity index (χ3v) is 7.99. The molecule has 4 aromatic rings. The van der Waals surface area contributed by atoms with Gasteiger partial charge in [0, 0.05) is 67.4 Å². The maximum atomic E-state index is 13.8. The number of carbonyl (C=O) groups is 2. The van der Waals surface area contributed by atoms with Crippen molar-refractivity contribution in [2.45, 2.75) is 38.0 Å².